The lowest BCUT2D eigenvalue weighted by Gasteiger charge is -2.34. The fourth-order valence-corrected chi connectivity index (χ4v) is 2.79. The summed E-state index contributed by atoms with van der Waals surface area (Å²) in [5.41, 5.74) is 0. The number of anilines is 1. The van der Waals surface area contributed by atoms with Gasteiger partial charge in [-0.25, -0.2) is 0 Å². The van der Waals surface area contributed by atoms with Crippen molar-refractivity contribution in [2.45, 2.75) is 52.7 Å². The van der Waals surface area contributed by atoms with Gasteiger partial charge in [0.1, 0.15) is 5.82 Å². The highest BCUT2D eigenvalue weighted by molar-refractivity contribution is 5.33. The third-order valence-electron chi connectivity index (χ3n) is 3.67. The van der Waals surface area contributed by atoms with Crippen molar-refractivity contribution in [1.29, 1.82) is 0 Å². The quantitative estimate of drug-likeness (QED) is 0.873. The van der Waals surface area contributed by atoms with Crippen molar-refractivity contribution < 1.29 is 9.47 Å². The van der Waals surface area contributed by atoms with E-state index >= 15 is 0 Å². The Bertz CT molecular complexity index is 437. The molecule has 1 fully saturated rings. The fourth-order valence-electron chi connectivity index (χ4n) is 2.79. The van der Waals surface area contributed by atoms with E-state index in [0.29, 0.717) is 23.8 Å². The summed E-state index contributed by atoms with van der Waals surface area (Å²) in [6.45, 7) is 10.2. The molecule has 0 spiro atoms. The summed E-state index contributed by atoms with van der Waals surface area (Å²) in [6.07, 6.45) is 6.15. The normalized spacial score (nSPS) is 22.6. The molecule has 0 radical (unpaired) electrons. The molecular formula is C16H27N3O2. The molecule has 1 aliphatic rings. The van der Waals surface area contributed by atoms with Gasteiger partial charge >= 0.3 is 0 Å². The molecule has 21 heavy (non-hydrogen) atoms. The Hall–Kier alpha value is -1.36. The molecule has 5 nitrogen and oxygen atoms in total. The van der Waals surface area contributed by atoms with Crippen molar-refractivity contribution in [1.82, 2.24) is 9.97 Å². The van der Waals surface area contributed by atoms with Crippen molar-refractivity contribution in [3.05, 3.63) is 12.4 Å². The Kier molecular flexibility index (Phi) is 5.79. The summed E-state index contributed by atoms with van der Waals surface area (Å²) in [4.78, 5) is 8.60. The second kappa shape index (κ2) is 7.59. The van der Waals surface area contributed by atoms with Gasteiger partial charge in [0.25, 0.3) is 0 Å². The molecule has 0 bridgehead atoms. The number of rotatable bonds is 6. The van der Waals surface area contributed by atoms with Gasteiger partial charge in [-0.1, -0.05) is 13.8 Å². The van der Waals surface area contributed by atoms with Gasteiger partial charge in [-0.2, -0.15) is 4.98 Å². The van der Waals surface area contributed by atoms with E-state index in [9.17, 15) is 0 Å². The number of aromatic nitrogens is 2. The van der Waals surface area contributed by atoms with E-state index in [1.807, 2.05) is 13.8 Å². The average Bonchev–Trinajstić information content (AvgIpc) is 2.45. The van der Waals surface area contributed by atoms with Crippen LogP contribution in [0.3, 0.4) is 0 Å². The van der Waals surface area contributed by atoms with Crippen molar-refractivity contribution in [2.24, 2.45) is 11.8 Å². The highest BCUT2D eigenvalue weighted by atomic mass is 16.5. The Labute approximate surface area is 127 Å². The maximum Gasteiger partial charge on any atom is 0.234 e. The first-order valence-electron chi connectivity index (χ1n) is 7.90. The van der Waals surface area contributed by atoms with Gasteiger partial charge in [0.05, 0.1) is 24.6 Å². The van der Waals surface area contributed by atoms with E-state index in [1.54, 1.807) is 12.4 Å². The maximum absolute atomic E-state index is 5.92. The van der Waals surface area contributed by atoms with Crippen LogP contribution in [0.5, 0.6) is 5.88 Å². The molecule has 5 heteroatoms. The first-order valence-corrected chi connectivity index (χ1v) is 7.90. The van der Waals surface area contributed by atoms with Crippen LogP contribution < -0.4 is 10.1 Å². The highest BCUT2D eigenvalue weighted by Crippen LogP contribution is 2.26. The molecule has 0 amide bonds. The average molecular weight is 293 g/mol. The molecule has 0 saturated carbocycles. The summed E-state index contributed by atoms with van der Waals surface area (Å²) in [5.74, 6) is 2.39. The topological polar surface area (TPSA) is 56.3 Å². The van der Waals surface area contributed by atoms with Gasteiger partial charge < -0.3 is 14.8 Å². The second-order valence-electron chi connectivity index (χ2n) is 6.27. The number of hydrogen-bond acceptors (Lipinski definition) is 5. The van der Waals surface area contributed by atoms with Crippen LogP contribution in [0.15, 0.2) is 12.4 Å². The summed E-state index contributed by atoms with van der Waals surface area (Å²) in [7, 11) is 0. The monoisotopic (exact) mass is 293 g/mol. The molecule has 2 atom stereocenters. The Balaban J connectivity index is 1.92. The molecule has 2 heterocycles. The predicted molar refractivity (Wildman–Crippen MR) is 83.6 cm³/mol. The van der Waals surface area contributed by atoms with E-state index in [0.717, 1.165) is 25.4 Å². The minimum absolute atomic E-state index is 0.103. The van der Waals surface area contributed by atoms with Crippen molar-refractivity contribution in [2.75, 3.05) is 18.5 Å². The first-order chi connectivity index (χ1) is 10.1. The molecule has 0 aliphatic carbocycles. The SMILES string of the molecule is CC(C)Oc1cncc(NCC2CCCOC2C(C)C)n1. The van der Waals surface area contributed by atoms with E-state index in [-0.39, 0.29) is 6.10 Å². The van der Waals surface area contributed by atoms with E-state index in [2.05, 4.69) is 29.1 Å². The molecule has 1 aliphatic heterocycles. The lowest BCUT2D eigenvalue weighted by Crippen LogP contribution is -2.37. The summed E-state index contributed by atoms with van der Waals surface area (Å²) < 4.78 is 11.5. The smallest absolute Gasteiger partial charge is 0.234 e. The van der Waals surface area contributed by atoms with Crippen LogP contribution in [0.1, 0.15) is 40.5 Å². The number of ether oxygens (including phenoxy) is 2. The molecule has 2 rings (SSSR count). The van der Waals surface area contributed by atoms with Crippen LogP contribution >= 0.6 is 0 Å². The Morgan fingerprint density at radius 2 is 2.14 bits per heavy atom. The zero-order valence-corrected chi connectivity index (χ0v) is 13.5. The Morgan fingerprint density at radius 3 is 2.86 bits per heavy atom. The lowest BCUT2D eigenvalue weighted by molar-refractivity contribution is -0.0481. The zero-order valence-electron chi connectivity index (χ0n) is 13.5. The molecule has 1 aromatic heterocycles. The Morgan fingerprint density at radius 1 is 1.33 bits per heavy atom. The largest absolute Gasteiger partial charge is 0.474 e. The van der Waals surface area contributed by atoms with Crippen LogP contribution in [0.25, 0.3) is 0 Å². The number of nitrogens with zero attached hydrogens (tertiary/aromatic N) is 2. The summed E-state index contributed by atoms with van der Waals surface area (Å²) >= 11 is 0. The summed E-state index contributed by atoms with van der Waals surface area (Å²) in [5, 5.41) is 3.38. The molecule has 2 unspecified atom stereocenters. The van der Waals surface area contributed by atoms with Gasteiger partial charge in [-0.3, -0.25) is 4.98 Å². The minimum Gasteiger partial charge on any atom is -0.474 e. The number of nitrogens with one attached hydrogen (secondary N) is 1. The third kappa shape index (κ3) is 4.84. The highest BCUT2D eigenvalue weighted by Gasteiger charge is 2.28. The van der Waals surface area contributed by atoms with Crippen molar-refractivity contribution >= 4 is 5.82 Å². The standard InChI is InChI=1S/C16H27N3O2/c1-11(2)16-13(6-5-7-20-16)8-18-14-9-17-10-15(19-14)21-12(3)4/h9-13,16H,5-8H2,1-4H3,(H,18,19). The minimum atomic E-state index is 0.103. The van der Waals surface area contributed by atoms with Crippen LogP contribution in [-0.2, 0) is 4.74 Å². The fraction of sp³-hybridized carbons (Fsp3) is 0.750. The van der Waals surface area contributed by atoms with Crippen LogP contribution in [0.2, 0.25) is 0 Å². The van der Waals surface area contributed by atoms with Gasteiger partial charge in [-0.05, 0) is 32.6 Å². The predicted octanol–water partition coefficient (Wildman–Crippen LogP) is 3.13. The second-order valence-corrected chi connectivity index (χ2v) is 6.27. The van der Waals surface area contributed by atoms with Crippen LogP contribution in [0, 0.1) is 11.8 Å². The molecule has 1 N–H and O–H groups in total. The molecular weight excluding hydrogens is 266 g/mol. The van der Waals surface area contributed by atoms with Gasteiger partial charge in [0.15, 0.2) is 0 Å². The first kappa shape index (κ1) is 16.0. The number of hydrogen-bond donors (Lipinski definition) is 1. The maximum atomic E-state index is 5.92. The van der Waals surface area contributed by atoms with E-state index in [1.165, 1.54) is 6.42 Å². The molecule has 118 valence electrons. The van der Waals surface area contributed by atoms with E-state index < -0.39 is 0 Å². The van der Waals surface area contributed by atoms with Crippen LogP contribution in [-0.4, -0.2) is 35.3 Å². The van der Waals surface area contributed by atoms with Crippen molar-refractivity contribution in [3.8, 4) is 5.88 Å². The lowest BCUT2D eigenvalue weighted by atomic mass is 9.87. The van der Waals surface area contributed by atoms with Crippen LogP contribution in [0.4, 0.5) is 5.82 Å². The van der Waals surface area contributed by atoms with Gasteiger partial charge in [-0.15, -0.1) is 0 Å². The molecule has 1 saturated heterocycles. The summed E-state index contributed by atoms with van der Waals surface area (Å²) in [6, 6.07) is 0. The zero-order chi connectivity index (χ0) is 15.2. The van der Waals surface area contributed by atoms with Crippen molar-refractivity contribution in [3.63, 3.8) is 0 Å². The van der Waals surface area contributed by atoms with Gasteiger partial charge in [0, 0.05) is 19.1 Å². The van der Waals surface area contributed by atoms with E-state index in [4.69, 9.17) is 9.47 Å². The van der Waals surface area contributed by atoms with Gasteiger partial charge in [0.2, 0.25) is 5.88 Å². The third-order valence-corrected chi connectivity index (χ3v) is 3.67. The molecule has 0 aromatic carbocycles. The molecule has 1 aromatic rings.